The van der Waals surface area contributed by atoms with E-state index in [0.29, 0.717) is 22.1 Å². The van der Waals surface area contributed by atoms with Crippen LogP contribution in [0.3, 0.4) is 0 Å². The van der Waals surface area contributed by atoms with Crippen molar-refractivity contribution in [1.29, 1.82) is 0 Å². The second-order valence-electron chi connectivity index (χ2n) is 5.84. The lowest BCUT2D eigenvalue weighted by atomic mass is 10.1. The van der Waals surface area contributed by atoms with Crippen molar-refractivity contribution in [3.8, 4) is 0 Å². The first kappa shape index (κ1) is 17.9. The Morgan fingerprint density at radius 3 is 2.58 bits per heavy atom. The molecule has 0 aliphatic carbocycles. The number of hydrogen-bond donors (Lipinski definition) is 2. The Balaban J connectivity index is 1.61. The second-order valence-corrected chi connectivity index (χ2v) is 6.24. The first-order valence-electron chi connectivity index (χ1n) is 8.04. The predicted molar refractivity (Wildman–Crippen MR) is 102 cm³/mol. The van der Waals surface area contributed by atoms with Gasteiger partial charge in [-0.2, -0.15) is 0 Å². The number of amides is 1. The Morgan fingerprint density at radius 1 is 1.12 bits per heavy atom. The summed E-state index contributed by atoms with van der Waals surface area (Å²) >= 11 is 6.11. The van der Waals surface area contributed by atoms with Crippen LogP contribution in [0.2, 0.25) is 5.02 Å². The van der Waals surface area contributed by atoms with Gasteiger partial charge in [-0.25, -0.2) is 9.37 Å². The minimum atomic E-state index is -0.392. The Bertz CT molecular complexity index is 929. The monoisotopic (exact) mass is 369 g/mol. The van der Waals surface area contributed by atoms with Gasteiger partial charge in [-0.3, -0.25) is 4.79 Å². The molecule has 26 heavy (non-hydrogen) atoms. The van der Waals surface area contributed by atoms with E-state index in [4.69, 9.17) is 11.6 Å². The van der Waals surface area contributed by atoms with E-state index in [1.54, 1.807) is 30.3 Å². The maximum Gasteiger partial charge on any atom is 0.228 e. The Morgan fingerprint density at radius 2 is 1.88 bits per heavy atom. The smallest absolute Gasteiger partial charge is 0.228 e. The van der Waals surface area contributed by atoms with Gasteiger partial charge in [0, 0.05) is 10.7 Å². The summed E-state index contributed by atoms with van der Waals surface area (Å²) in [5.41, 5.74) is 2.72. The van der Waals surface area contributed by atoms with Gasteiger partial charge in [0.2, 0.25) is 5.91 Å². The van der Waals surface area contributed by atoms with E-state index in [0.717, 1.165) is 11.3 Å². The molecule has 3 aromatic rings. The van der Waals surface area contributed by atoms with Gasteiger partial charge in [0.05, 0.1) is 18.3 Å². The number of pyridine rings is 1. The average Bonchev–Trinajstić information content (AvgIpc) is 2.62. The highest BCUT2D eigenvalue weighted by Gasteiger charge is 2.08. The summed E-state index contributed by atoms with van der Waals surface area (Å²) in [4.78, 5) is 16.3. The van der Waals surface area contributed by atoms with Crippen LogP contribution in [0.5, 0.6) is 0 Å². The molecule has 0 aliphatic heterocycles. The van der Waals surface area contributed by atoms with Crippen LogP contribution in [-0.4, -0.2) is 10.9 Å². The zero-order valence-electron chi connectivity index (χ0n) is 14.1. The molecule has 0 saturated carbocycles. The molecule has 2 N–H and O–H groups in total. The van der Waals surface area contributed by atoms with Gasteiger partial charge < -0.3 is 10.6 Å². The van der Waals surface area contributed by atoms with Crippen molar-refractivity contribution in [3.63, 3.8) is 0 Å². The standard InChI is InChI=1S/C20H17ClFN3O/c1-13-6-7-15(11-17(13)21)24-19-9-8-16(12-23-19)25-20(26)10-14-4-2-3-5-18(14)22/h2-9,11-12H,10H2,1H3,(H,23,24)(H,25,26). The quantitative estimate of drug-likeness (QED) is 0.657. The number of nitrogens with one attached hydrogen (secondary N) is 2. The third-order valence-electron chi connectivity index (χ3n) is 3.80. The molecular weight excluding hydrogens is 353 g/mol. The summed E-state index contributed by atoms with van der Waals surface area (Å²) in [6.45, 7) is 1.93. The number of halogens is 2. The summed E-state index contributed by atoms with van der Waals surface area (Å²) in [6, 6.07) is 15.3. The van der Waals surface area contributed by atoms with Gasteiger partial charge in [0.1, 0.15) is 11.6 Å². The molecule has 0 radical (unpaired) electrons. The normalized spacial score (nSPS) is 10.4. The number of anilines is 3. The molecule has 0 aliphatic rings. The minimum absolute atomic E-state index is 0.0332. The minimum Gasteiger partial charge on any atom is -0.340 e. The van der Waals surface area contributed by atoms with E-state index in [1.165, 1.54) is 12.3 Å². The van der Waals surface area contributed by atoms with E-state index in [1.807, 2.05) is 25.1 Å². The highest BCUT2D eigenvalue weighted by Crippen LogP contribution is 2.23. The topological polar surface area (TPSA) is 54.0 Å². The van der Waals surface area contributed by atoms with Crippen molar-refractivity contribution in [2.24, 2.45) is 0 Å². The van der Waals surface area contributed by atoms with Crippen LogP contribution in [0, 0.1) is 12.7 Å². The fourth-order valence-electron chi connectivity index (χ4n) is 2.38. The van der Waals surface area contributed by atoms with E-state index in [9.17, 15) is 9.18 Å². The SMILES string of the molecule is Cc1ccc(Nc2ccc(NC(=O)Cc3ccccc3F)cn2)cc1Cl. The van der Waals surface area contributed by atoms with Crippen LogP contribution in [-0.2, 0) is 11.2 Å². The van der Waals surface area contributed by atoms with Crippen molar-refractivity contribution in [2.75, 3.05) is 10.6 Å². The van der Waals surface area contributed by atoms with Crippen molar-refractivity contribution in [1.82, 2.24) is 4.98 Å². The molecule has 0 atom stereocenters. The van der Waals surface area contributed by atoms with E-state index < -0.39 is 5.82 Å². The second kappa shape index (κ2) is 7.97. The molecule has 0 unspecified atom stereocenters. The Kier molecular flexibility index (Phi) is 5.49. The lowest BCUT2D eigenvalue weighted by molar-refractivity contribution is -0.115. The Labute approximate surface area is 156 Å². The molecule has 2 aromatic carbocycles. The molecule has 0 spiro atoms. The molecule has 1 heterocycles. The van der Waals surface area contributed by atoms with Gasteiger partial charge >= 0.3 is 0 Å². The van der Waals surface area contributed by atoms with Crippen LogP contribution in [0.25, 0.3) is 0 Å². The van der Waals surface area contributed by atoms with Crippen LogP contribution < -0.4 is 10.6 Å². The maximum absolute atomic E-state index is 13.6. The van der Waals surface area contributed by atoms with Gasteiger partial charge in [0.15, 0.2) is 0 Å². The van der Waals surface area contributed by atoms with Crippen molar-refractivity contribution < 1.29 is 9.18 Å². The lowest BCUT2D eigenvalue weighted by Gasteiger charge is -2.09. The van der Waals surface area contributed by atoms with Gasteiger partial charge in [-0.1, -0.05) is 35.9 Å². The molecule has 132 valence electrons. The number of rotatable bonds is 5. The summed E-state index contributed by atoms with van der Waals surface area (Å²) in [7, 11) is 0. The van der Waals surface area contributed by atoms with Crippen molar-refractivity contribution in [2.45, 2.75) is 13.3 Å². The lowest BCUT2D eigenvalue weighted by Crippen LogP contribution is -2.15. The maximum atomic E-state index is 13.6. The largest absolute Gasteiger partial charge is 0.340 e. The van der Waals surface area contributed by atoms with Crippen molar-refractivity contribution >= 4 is 34.7 Å². The molecule has 4 nitrogen and oxygen atoms in total. The van der Waals surface area contributed by atoms with E-state index in [-0.39, 0.29) is 12.3 Å². The number of carbonyl (C=O) groups excluding carboxylic acids is 1. The number of nitrogens with zero attached hydrogens (tertiary/aromatic N) is 1. The molecule has 0 bridgehead atoms. The molecule has 6 heteroatoms. The molecular formula is C20H17ClFN3O. The third kappa shape index (κ3) is 4.58. The summed E-state index contributed by atoms with van der Waals surface area (Å²) in [5, 5.41) is 6.52. The van der Waals surface area contributed by atoms with Gasteiger partial charge in [-0.05, 0) is 48.4 Å². The fraction of sp³-hybridized carbons (Fsp3) is 0.100. The molecule has 1 aromatic heterocycles. The average molecular weight is 370 g/mol. The first-order valence-corrected chi connectivity index (χ1v) is 8.41. The first-order chi connectivity index (χ1) is 12.5. The number of benzene rings is 2. The molecule has 0 fully saturated rings. The van der Waals surface area contributed by atoms with E-state index >= 15 is 0 Å². The fourth-order valence-corrected chi connectivity index (χ4v) is 2.56. The molecule has 1 amide bonds. The summed E-state index contributed by atoms with van der Waals surface area (Å²) in [6.07, 6.45) is 1.51. The molecule has 3 rings (SSSR count). The third-order valence-corrected chi connectivity index (χ3v) is 4.21. The van der Waals surface area contributed by atoms with Crippen LogP contribution in [0.1, 0.15) is 11.1 Å². The predicted octanol–water partition coefficient (Wildman–Crippen LogP) is 5.11. The van der Waals surface area contributed by atoms with Gasteiger partial charge in [0.25, 0.3) is 0 Å². The van der Waals surface area contributed by atoms with Crippen molar-refractivity contribution in [3.05, 3.63) is 82.8 Å². The highest BCUT2D eigenvalue weighted by atomic mass is 35.5. The van der Waals surface area contributed by atoms with E-state index in [2.05, 4.69) is 15.6 Å². The summed E-state index contributed by atoms with van der Waals surface area (Å²) in [5.74, 6) is -0.0722. The number of aromatic nitrogens is 1. The Hall–Kier alpha value is -2.92. The zero-order chi connectivity index (χ0) is 18.5. The number of aryl methyl sites for hydroxylation is 1. The van der Waals surface area contributed by atoms with Gasteiger partial charge in [-0.15, -0.1) is 0 Å². The number of carbonyl (C=O) groups is 1. The summed E-state index contributed by atoms with van der Waals surface area (Å²) < 4.78 is 13.6. The van der Waals surface area contributed by atoms with Crippen LogP contribution >= 0.6 is 11.6 Å². The highest BCUT2D eigenvalue weighted by molar-refractivity contribution is 6.31. The number of hydrogen-bond acceptors (Lipinski definition) is 3. The van der Waals surface area contributed by atoms with Crippen LogP contribution in [0.4, 0.5) is 21.6 Å². The zero-order valence-corrected chi connectivity index (χ0v) is 14.8. The van der Waals surface area contributed by atoms with Crippen LogP contribution in [0.15, 0.2) is 60.8 Å². The molecule has 0 saturated heterocycles.